The number of anilines is 1. The molecule has 0 amide bonds. The van der Waals surface area contributed by atoms with Gasteiger partial charge in [-0.25, -0.2) is 9.97 Å². The highest BCUT2D eigenvalue weighted by Crippen LogP contribution is 2.25. The molecule has 0 atom stereocenters. The van der Waals surface area contributed by atoms with E-state index in [0.29, 0.717) is 0 Å². The molecule has 0 saturated heterocycles. The summed E-state index contributed by atoms with van der Waals surface area (Å²) >= 11 is 0. The standard InChI is InChI=1S/C5H4F3N3/c6-5(7,8)4-10-1-3(9)2-11-4/h1-2H,9H2. The van der Waals surface area contributed by atoms with Crippen molar-refractivity contribution < 1.29 is 13.2 Å². The van der Waals surface area contributed by atoms with Gasteiger partial charge in [0.15, 0.2) is 0 Å². The van der Waals surface area contributed by atoms with E-state index in [1.165, 1.54) is 0 Å². The van der Waals surface area contributed by atoms with Gasteiger partial charge in [-0.1, -0.05) is 0 Å². The van der Waals surface area contributed by atoms with Crippen LogP contribution in [0.15, 0.2) is 12.4 Å². The quantitative estimate of drug-likeness (QED) is 0.622. The Balaban J connectivity index is 2.99. The Hall–Kier alpha value is -1.33. The van der Waals surface area contributed by atoms with Crippen LogP contribution in [0.3, 0.4) is 0 Å². The van der Waals surface area contributed by atoms with E-state index in [1.807, 2.05) is 0 Å². The first kappa shape index (κ1) is 7.77. The summed E-state index contributed by atoms with van der Waals surface area (Å²) in [7, 11) is 0. The van der Waals surface area contributed by atoms with Crippen molar-refractivity contribution in [2.45, 2.75) is 6.18 Å². The minimum atomic E-state index is -4.49. The molecule has 0 fully saturated rings. The van der Waals surface area contributed by atoms with Crippen molar-refractivity contribution >= 4 is 5.69 Å². The summed E-state index contributed by atoms with van der Waals surface area (Å²) in [4.78, 5) is 5.98. The minimum Gasteiger partial charge on any atom is -0.396 e. The van der Waals surface area contributed by atoms with E-state index in [4.69, 9.17) is 5.73 Å². The minimum absolute atomic E-state index is 0.109. The first-order valence-corrected chi connectivity index (χ1v) is 2.65. The van der Waals surface area contributed by atoms with Crippen LogP contribution in [0.2, 0.25) is 0 Å². The largest absolute Gasteiger partial charge is 0.451 e. The van der Waals surface area contributed by atoms with Crippen molar-refractivity contribution in [1.29, 1.82) is 0 Å². The predicted octanol–water partition coefficient (Wildman–Crippen LogP) is 1.08. The molecule has 1 rings (SSSR count). The second-order valence-corrected chi connectivity index (χ2v) is 1.84. The number of nitrogens with zero attached hydrogens (tertiary/aromatic N) is 2. The van der Waals surface area contributed by atoms with Gasteiger partial charge in [0.25, 0.3) is 0 Å². The Morgan fingerprint density at radius 2 is 1.64 bits per heavy atom. The molecule has 2 N–H and O–H groups in total. The number of nitrogens with two attached hydrogens (primary N) is 1. The molecule has 6 heteroatoms. The van der Waals surface area contributed by atoms with E-state index in [0.717, 1.165) is 12.4 Å². The number of halogens is 3. The number of hydrogen-bond donors (Lipinski definition) is 1. The lowest BCUT2D eigenvalue weighted by Crippen LogP contribution is -2.10. The lowest BCUT2D eigenvalue weighted by molar-refractivity contribution is -0.144. The van der Waals surface area contributed by atoms with Gasteiger partial charge < -0.3 is 5.73 Å². The monoisotopic (exact) mass is 163 g/mol. The van der Waals surface area contributed by atoms with Gasteiger partial charge in [-0.2, -0.15) is 13.2 Å². The molecule has 0 aromatic carbocycles. The van der Waals surface area contributed by atoms with Crippen LogP contribution in [-0.4, -0.2) is 9.97 Å². The van der Waals surface area contributed by atoms with Crippen LogP contribution >= 0.6 is 0 Å². The van der Waals surface area contributed by atoms with Crippen LogP contribution in [0.1, 0.15) is 5.82 Å². The summed E-state index contributed by atoms with van der Waals surface area (Å²) in [6.07, 6.45) is -2.67. The Labute approximate surface area is 60.1 Å². The van der Waals surface area contributed by atoms with Crippen LogP contribution < -0.4 is 5.73 Å². The summed E-state index contributed by atoms with van der Waals surface area (Å²) < 4.78 is 35.3. The average molecular weight is 163 g/mol. The highest BCUT2D eigenvalue weighted by atomic mass is 19.4. The number of hydrogen-bond acceptors (Lipinski definition) is 3. The van der Waals surface area contributed by atoms with E-state index in [-0.39, 0.29) is 5.69 Å². The normalized spacial score (nSPS) is 11.5. The molecular weight excluding hydrogens is 159 g/mol. The number of rotatable bonds is 0. The van der Waals surface area contributed by atoms with Crippen molar-refractivity contribution in [3.63, 3.8) is 0 Å². The van der Waals surface area contributed by atoms with Crippen molar-refractivity contribution in [2.24, 2.45) is 0 Å². The molecule has 0 saturated carbocycles. The lowest BCUT2D eigenvalue weighted by atomic mass is 10.5. The second-order valence-electron chi connectivity index (χ2n) is 1.84. The van der Waals surface area contributed by atoms with E-state index < -0.39 is 12.0 Å². The molecule has 11 heavy (non-hydrogen) atoms. The highest BCUT2D eigenvalue weighted by molar-refractivity contribution is 5.30. The fourth-order valence-corrected chi connectivity index (χ4v) is 0.484. The maximum atomic E-state index is 11.8. The molecule has 1 aromatic rings. The maximum Gasteiger partial charge on any atom is 0.451 e. The van der Waals surface area contributed by atoms with Gasteiger partial charge >= 0.3 is 6.18 Å². The van der Waals surface area contributed by atoms with Crippen molar-refractivity contribution in [2.75, 3.05) is 5.73 Å². The number of alkyl halides is 3. The topological polar surface area (TPSA) is 51.8 Å². The molecule has 1 aromatic heterocycles. The van der Waals surface area contributed by atoms with Crippen LogP contribution in [0.4, 0.5) is 18.9 Å². The van der Waals surface area contributed by atoms with Crippen LogP contribution in [0, 0.1) is 0 Å². The van der Waals surface area contributed by atoms with E-state index in [1.54, 1.807) is 0 Å². The zero-order chi connectivity index (χ0) is 8.48. The fourth-order valence-electron chi connectivity index (χ4n) is 0.484. The molecule has 0 aliphatic carbocycles. The summed E-state index contributed by atoms with van der Waals surface area (Å²) in [6, 6.07) is 0. The molecular formula is C5H4F3N3. The molecule has 0 radical (unpaired) electrons. The first-order valence-electron chi connectivity index (χ1n) is 2.65. The van der Waals surface area contributed by atoms with Crippen LogP contribution in [-0.2, 0) is 6.18 Å². The van der Waals surface area contributed by atoms with E-state index >= 15 is 0 Å². The van der Waals surface area contributed by atoms with Gasteiger partial charge in [0.2, 0.25) is 5.82 Å². The van der Waals surface area contributed by atoms with Crippen molar-refractivity contribution in [3.8, 4) is 0 Å². The molecule has 0 aliphatic heterocycles. The van der Waals surface area contributed by atoms with Gasteiger partial charge in [-0.3, -0.25) is 0 Å². The zero-order valence-electron chi connectivity index (χ0n) is 5.26. The van der Waals surface area contributed by atoms with Crippen molar-refractivity contribution in [3.05, 3.63) is 18.2 Å². The Bertz CT molecular complexity index is 240. The van der Waals surface area contributed by atoms with Crippen LogP contribution in [0.25, 0.3) is 0 Å². The predicted molar refractivity (Wildman–Crippen MR) is 31.4 cm³/mol. The van der Waals surface area contributed by atoms with Crippen molar-refractivity contribution in [1.82, 2.24) is 9.97 Å². The van der Waals surface area contributed by atoms with Gasteiger partial charge in [0, 0.05) is 0 Å². The Kier molecular flexibility index (Phi) is 1.67. The van der Waals surface area contributed by atoms with Gasteiger partial charge in [0.1, 0.15) is 0 Å². The zero-order valence-corrected chi connectivity index (χ0v) is 5.26. The molecule has 60 valence electrons. The van der Waals surface area contributed by atoms with Gasteiger partial charge in [-0.15, -0.1) is 0 Å². The maximum absolute atomic E-state index is 11.8. The summed E-state index contributed by atoms with van der Waals surface area (Å²) in [6.45, 7) is 0. The number of aromatic nitrogens is 2. The lowest BCUT2D eigenvalue weighted by Gasteiger charge is -2.02. The summed E-state index contributed by atoms with van der Waals surface area (Å²) in [5.41, 5.74) is 5.19. The molecule has 1 heterocycles. The van der Waals surface area contributed by atoms with Crippen LogP contribution in [0.5, 0.6) is 0 Å². The second kappa shape index (κ2) is 2.37. The van der Waals surface area contributed by atoms with Gasteiger partial charge in [0.05, 0.1) is 18.1 Å². The summed E-state index contributed by atoms with van der Waals surface area (Å²) in [5, 5.41) is 0. The molecule has 0 aliphatic rings. The molecule has 3 nitrogen and oxygen atoms in total. The number of nitrogen functional groups attached to an aromatic ring is 1. The summed E-state index contributed by atoms with van der Waals surface area (Å²) in [5.74, 6) is -1.17. The Morgan fingerprint density at radius 3 is 2.00 bits per heavy atom. The molecule has 0 spiro atoms. The smallest absolute Gasteiger partial charge is 0.396 e. The third-order valence-corrected chi connectivity index (χ3v) is 0.925. The van der Waals surface area contributed by atoms with E-state index in [9.17, 15) is 13.2 Å². The SMILES string of the molecule is Nc1cnc(C(F)(F)F)nc1. The average Bonchev–Trinajstić information content (AvgIpc) is 1.86. The van der Waals surface area contributed by atoms with Gasteiger partial charge in [-0.05, 0) is 0 Å². The Morgan fingerprint density at radius 1 is 1.18 bits per heavy atom. The van der Waals surface area contributed by atoms with E-state index in [2.05, 4.69) is 9.97 Å². The fraction of sp³-hybridized carbons (Fsp3) is 0.200. The molecule has 0 unspecified atom stereocenters. The highest BCUT2D eigenvalue weighted by Gasteiger charge is 2.34. The third-order valence-electron chi connectivity index (χ3n) is 0.925. The third kappa shape index (κ3) is 1.79. The first-order chi connectivity index (χ1) is 5.00. The molecule has 0 bridgehead atoms.